The zero-order chi connectivity index (χ0) is 19.7. The Morgan fingerprint density at radius 1 is 0.704 bits per heavy atom. The molecule has 0 saturated heterocycles. The van der Waals surface area contributed by atoms with Gasteiger partial charge in [-0.25, -0.2) is 0 Å². The van der Waals surface area contributed by atoms with Gasteiger partial charge in [0.15, 0.2) is 0 Å². The summed E-state index contributed by atoms with van der Waals surface area (Å²) in [6, 6.07) is 0. The van der Waals surface area contributed by atoms with Crippen molar-refractivity contribution in [2.75, 3.05) is 0 Å². The minimum Gasteiger partial charge on any atom is -0.741 e. The molecule has 0 N–H and O–H groups in total. The summed E-state index contributed by atoms with van der Waals surface area (Å²) < 4.78 is 0. The van der Waals surface area contributed by atoms with E-state index in [9.17, 15) is 9.59 Å². The first-order valence-corrected chi connectivity index (χ1v) is 11.0. The summed E-state index contributed by atoms with van der Waals surface area (Å²) in [6.07, 6.45) is 6.89. The molecule has 27 heavy (non-hydrogen) atoms. The number of hydrogen-bond acceptors (Lipinski definition) is 4. The number of hydrogen-bond donors (Lipinski definition) is 0. The first-order chi connectivity index (χ1) is 11.8. The second-order valence-corrected chi connectivity index (χ2v) is 11.8. The maximum Gasteiger partial charge on any atom is 2.00 e. The molecule has 0 aliphatic heterocycles. The molecule has 6 atom stereocenters. The van der Waals surface area contributed by atoms with Crippen LogP contribution in [0.5, 0.6) is 0 Å². The van der Waals surface area contributed by atoms with E-state index < -0.39 is 0 Å². The van der Waals surface area contributed by atoms with Gasteiger partial charge in [-0.15, -0.1) is 0 Å². The SMILES string of the molecule is CC1(C(=O)[S-])CCC2CC1C2(C)C.CC1(C(=O)[S-])CCC2CC1C2(C)C.[Pd+2]. The molecule has 0 aromatic carbocycles. The minimum atomic E-state index is -0.187. The van der Waals surface area contributed by atoms with Crippen molar-refractivity contribution >= 4 is 35.5 Å². The Morgan fingerprint density at radius 3 is 1.15 bits per heavy atom. The van der Waals surface area contributed by atoms with Crippen molar-refractivity contribution in [1.29, 1.82) is 0 Å². The van der Waals surface area contributed by atoms with E-state index in [2.05, 4.69) is 41.5 Å². The molecule has 6 aliphatic carbocycles. The summed E-state index contributed by atoms with van der Waals surface area (Å²) in [5, 5.41) is -0.0209. The maximum atomic E-state index is 11.5. The topological polar surface area (TPSA) is 34.1 Å². The summed E-state index contributed by atoms with van der Waals surface area (Å²) >= 11 is 9.76. The Balaban J connectivity index is 0.000000187. The van der Waals surface area contributed by atoms with Gasteiger partial charge in [0.1, 0.15) is 0 Å². The summed E-state index contributed by atoms with van der Waals surface area (Å²) in [6.45, 7) is 13.3. The van der Waals surface area contributed by atoms with Crippen LogP contribution in [-0.4, -0.2) is 10.2 Å². The molecule has 0 spiro atoms. The number of carbonyl (C=O) groups excluding carboxylic acids is 2. The second-order valence-electron chi connectivity index (χ2n) is 11.1. The van der Waals surface area contributed by atoms with Gasteiger partial charge >= 0.3 is 20.4 Å². The molecule has 6 saturated carbocycles. The van der Waals surface area contributed by atoms with E-state index >= 15 is 0 Å². The van der Waals surface area contributed by atoms with Gasteiger partial charge in [0.2, 0.25) is 0 Å². The van der Waals surface area contributed by atoms with Gasteiger partial charge in [-0.1, -0.05) is 41.5 Å². The smallest absolute Gasteiger partial charge is 0.741 e. The molecule has 2 nitrogen and oxygen atoms in total. The van der Waals surface area contributed by atoms with Crippen LogP contribution in [0.3, 0.4) is 0 Å². The third kappa shape index (κ3) is 3.37. The van der Waals surface area contributed by atoms with Gasteiger partial charge in [-0.05, 0) is 73.0 Å². The molecule has 5 heteroatoms. The molecular formula is C22H34O2PdS2. The van der Waals surface area contributed by atoms with Gasteiger partial charge in [0.05, 0.1) is 0 Å². The predicted octanol–water partition coefficient (Wildman–Crippen LogP) is 5.04. The number of fused-ring (bicyclic) bond motifs is 4. The average Bonchev–Trinajstić information content (AvgIpc) is 2.54. The average molecular weight is 501 g/mol. The normalized spacial score (nSPS) is 45.0. The third-order valence-corrected chi connectivity index (χ3v) is 10.4. The molecule has 0 aromatic rings. The maximum absolute atomic E-state index is 11.5. The van der Waals surface area contributed by atoms with Crippen molar-refractivity contribution in [3.8, 4) is 0 Å². The Bertz CT molecular complexity index is 574. The van der Waals surface area contributed by atoms with Crippen molar-refractivity contribution < 1.29 is 30.0 Å². The summed E-state index contributed by atoms with van der Waals surface area (Å²) in [5.74, 6) is 2.78. The van der Waals surface area contributed by atoms with E-state index in [1.807, 2.05) is 0 Å². The number of carbonyl (C=O) groups is 2. The van der Waals surface area contributed by atoms with Crippen molar-refractivity contribution in [3.05, 3.63) is 0 Å². The molecule has 6 aliphatic rings. The summed E-state index contributed by atoms with van der Waals surface area (Å²) in [5.41, 5.74) is 0.351. The van der Waals surface area contributed by atoms with E-state index in [1.165, 1.54) is 25.7 Å². The monoisotopic (exact) mass is 500 g/mol. The van der Waals surface area contributed by atoms with E-state index in [4.69, 9.17) is 25.3 Å². The largest absolute Gasteiger partial charge is 2.00 e. The van der Waals surface area contributed by atoms with Crippen molar-refractivity contribution in [2.45, 2.75) is 80.1 Å². The Hall–Kier alpha value is 0.442. The molecule has 156 valence electrons. The van der Waals surface area contributed by atoms with Crippen molar-refractivity contribution in [1.82, 2.24) is 0 Å². The van der Waals surface area contributed by atoms with Crippen molar-refractivity contribution in [2.24, 2.45) is 45.3 Å². The van der Waals surface area contributed by atoms with Crippen LogP contribution < -0.4 is 0 Å². The van der Waals surface area contributed by atoms with Crippen LogP contribution in [0.4, 0.5) is 0 Å². The molecule has 6 fully saturated rings. The number of rotatable bonds is 2. The van der Waals surface area contributed by atoms with Gasteiger partial charge in [-0.3, -0.25) is 0 Å². The molecule has 6 unspecified atom stereocenters. The molecular weight excluding hydrogens is 467 g/mol. The zero-order valence-electron chi connectivity index (χ0n) is 17.5. The van der Waals surface area contributed by atoms with Crippen molar-refractivity contribution in [3.63, 3.8) is 0 Å². The fourth-order valence-corrected chi connectivity index (χ4v) is 7.45. The summed E-state index contributed by atoms with van der Waals surface area (Å²) in [4.78, 5) is 22.9. The Kier molecular flexibility index (Phi) is 6.41. The molecule has 0 heterocycles. The van der Waals surface area contributed by atoms with Crippen LogP contribution in [0.15, 0.2) is 0 Å². The standard InChI is InChI=1S/2C11H18OS.Pd/c2*1-10(2)7-4-5-11(3,9(12)13)8(10)6-7;/h2*7-8H,4-6H2,1-3H3,(H,12,13);/q;;+2/p-2. The third-order valence-electron chi connectivity index (χ3n) is 9.44. The van der Waals surface area contributed by atoms with E-state index in [-0.39, 0.29) is 41.5 Å². The van der Waals surface area contributed by atoms with Crippen LogP contribution in [0, 0.1) is 45.3 Å². The molecule has 6 rings (SSSR count). The van der Waals surface area contributed by atoms with Crippen LogP contribution in [0.1, 0.15) is 80.1 Å². The van der Waals surface area contributed by atoms with Gasteiger partial charge in [-0.2, -0.15) is 0 Å². The first-order valence-electron chi connectivity index (χ1n) is 10.2. The van der Waals surface area contributed by atoms with Gasteiger partial charge < -0.3 is 34.8 Å². The van der Waals surface area contributed by atoms with Gasteiger partial charge in [0, 0.05) is 21.1 Å². The van der Waals surface area contributed by atoms with Crippen LogP contribution >= 0.6 is 0 Å². The van der Waals surface area contributed by atoms with E-state index in [0.29, 0.717) is 22.7 Å². The Morgan fingerprint density at radius 2 is 1.00 bits per heavy atom. The first kappa shape index (κ1) is 23.7. The summed E-state index contributed by atoms with van der Waals surface area (Å²) in [7, 11) is 0. The predicted molar refractivity (Wildman–Crippen MR) is 110 cm³/mol. The Labute approximate surface area is 190 Å². The zero-order valence-corrected chi connectivity index (χ0v) is 20.7. The van der Waals surface area contributed by atoms with E-state index in [1.54, 1.807) is 0 Å². The fourth-order valence-electron chi connectivity index (χ4n) is 6.96. The second kappa shape index (κ2) is 7.29. The van der Waals surface area contributed by atoms with E-state index in [0.717, 1.165) is 24.7 Å². The van der Waals surface area contributed by atoms with Gasteiger partial charge in [0.25, 0.3) is 0 Å². The van der Waals surface area contributed by atoms with Crippen LogP contribution in [-0.2, 0) is 55.3 Å². The van der Waals surface area contributed by atoms with Crippen LogP contribution in [0.25, 0.3) is 0 Å². The fraction of sp³-hybridized carbons (Fsp3) is 0.909. The quantitative estimate of drug-likeness (QED) is 0.393. The molecule has 0 radical (unpaired) electrons. The molecule has 0 aromatic heterocycles. The minimum absolute atomic E-state index is 0. The molecule has 0 amide bonds. The van der Waals surface area contributed by atoms with Crippen LogP contribution in [0.2, 0.25) is 0 Å². The molecule has 4 bridgehead atoms.